The Kier molecular flexibility index (Phi) is 4.28. The van der Waals surface area contributed by atoms with E-state index in [1.54, 1.807) is 14.2 Å². The van der Waals surface area contributed by atoms with Crippen LogP contribution in [-0.4, -0.2) is 20.8 Å². The third-order valence-electron chi connectivity index (χ3n) is 1.94. The highest BCUT2D eigenvalue weighted by Crippen LogP contribution is 2.31. The van der Waals surface area contributed by atoms with Gasteiger partial charge in [-0.15, -0.1) is 0 Å². The van der Waals surface area contributed by atoms with Crippen LogP contribution in [0.2, 0.25) is 0 Å². The van der Waals surface area contributed by atoms with E-state index in [1.807, 2.05) is 18.2 Å². The molecule has 0 fully saturated rings. The van der Waals surface area contributed by atoms with Crippen molar-refractivity contribution in [2.75, 3.05) is 20.8 Å². The smallest absolute Gasteiger partial charge is 0.164 e. The highest BCUT2D eigenvalue weighted by atomic mass is 16.5. The van der Waals surface area contributed by atoms with E-state index in [2.05, 4.69) is 13.8 Å². The maximum atomic E-state index is 5.63. The SMILES string of the molecule is COc1ccc(OC)c(OCC(C)C)c1. The summed E-state index contributed by atoms with van der Waals surface area (Å²) in [7, 11) is 3.26. The predicted octanol–water partition coefficient (Wildman–Crippen LogP) is 2.74. The van der Waals surface area contributed by atoms with E-state index in [4.69, 9.17) is 14.2 Å². The molecule has 0 saturated heterocycles. The van der Waals surface area contributed by atoms with Gasteiger partial charge in [0.15, 0.2) is 11.5 Å². The minimum atomic E-state index is 0.487. The number of methoxy groups -OCH3 is 2. The van der Waals surface area contributed by atoms with E-state index in [1.165, 1.54) is 0 Å². The van der Waals surface area contributed by atoms with Gasteiger partial charge in [0.05, 0.1) is 20.8 Å². The Morgan fingerprint density at radius 2 is 1.80 bits per heavy atom. The van der Waals surface area contributed by atoms with Gasteiger partial charge in [-0.05, 0) is 18.1 Å². The molecule has 1 aromatic rings. The van der Waals surface area contributed by atoms with Gasteiger partial charge in [-0.3, -0.25) is 0 Å². The molecule has 0 aliphatic carbocycles. The van der Waals surface area contributed by atoms with E-state index < -0.39 is 0 Å². The van der Waals surface area contributed by atoms with Crippen molar-refractivity contribution in [2.45, 2.75) is 13.8 Å². The third-order valence-corrected chi connectivity index (χ3v) is 1.94. The van der Waals surface area contributed by atoms with Gasteiger partial charge in [0.25, 0.3) is 0 Å². The van der Waals surface area contributed by atoms with Crippen molar-refractivity contribution in [3.8, 4) is 17.2 Å². The molecule has 1 rings (SSSR count). The zero-order valence-corrected chi connectivity index (χ0v) is 9.74. The summed E-state index contributed by atoms with van der Waals surface area (Å²) >= 11 is 0. The van der Waals surface area contributed by atoms with Gasteiger partial charge in [-0.25, -0.2) is 0 Å². The second-order valence-corrected chi connectivity index (χ2v) is 3.72. The van der Waals surface area contributed by atoms with Crippen LogP contribution in [0.25, 0.3) is 0 Å². The fraction of sp³-hybridized carbons (Fsp3) is 0.500. The fourth-order valence-corrected chi connectivity index (χ4v) is 1.15. The van der Waals surface area contributed by atoms with Crippen molar-refractivity contribution in [3.05, 3.63) is 18.2 Å². The maximum absolute atomic E-state index is 5.63. The Balaban J connectivity index is 2.81. The van der Waals surface area contributed by atoms with Crippen molar-refractivity contribution < 1.29 is 14.2 Å². The quantitative estimate of drug-likeness (QED) is 0.748. The molecule has 1 aromatic carbocycles. The molecule has 0 amide bonds. The molecule has 0 saturated carbocycles. The molecule has 84 valence electrons. The van der Waals surface area contributed by atoms with Crippen LogP contribution in [0, 0.1) is 5.92 Å². The Morgan fingerprint density at radius 1 is 1.07 bits per heavy atom. The second kappa shape index (κ2) is 5.49. The van der Waals surface area contributed by atoms with E-state index in [0.717, 1.165) is 17.2 Å². The first kappa shape index (κ1) is 11.7. The van der Waals surface area contributed by atoms with Crippen LogP contribution >= 0.6 is 0 Å². The lowest BCUT2D eigenvalue weighted by molar-refractivity contribution is 0.255. The van der Waals surface area contributed by atoms with Gasteiger partial charge in [0.1, 0.15) is 5.75 Å². The molecule has 0 spiro atoms. The summed E-state index contributed by atoms with van der Waals surface area (Å²) in [6.07, 6.45) is 0. The molecule has 0 radical (unpaired) electrons. The molecule has 0 N–H and O–H groups in total. The van der Waals surface area contributed by atoms with Crippen LogP contribution in [0.15, 0.2) is 18.2 Å². The van der Waals surface area contributed by atoms with Crippen molar-refractivity contribution >= 4 is 0 Å². The minimum absolute atomic E-state index is 0.487. The van der Waals surface area contributed by atoms with Crippen LogP contribution in [-0.2, 0) is 0 Å². The fourth-order valence-electron chi connectivity index (χ4n) is 1.15. The summed E-state index contributed by atoms with van der Waals surface area (Å²) in [5, 5.41) is 0. The number of rotatable bonds is 5. The minimum Gasteiger partial charge on any atom is -0.497 e. The largest absolute Gasteiger partial charge is 0.497 e. The topological polar surface area (TPSA) is 27.7 Å². The van der Waals surface area contributed by atoms with Crippen LogP contribution in [0.3, 0.4) is 0 Å². The highest BCUT2D eigenvalue weighted by Gasteiger charge is 2.06. The molecule has 0 aromatic heterocycles. The van der Waals surface area contributed by atoms with E-state index >= 15 is 0 Å². The van der Waals surface area contributed by atoms with Crippen molar-refractivity contribution in [3.63, 3.8) is 0 Å². The van der Waals surface area contributed by atoms with Gasteiger partial charge < -0.3 is 14.2 Å². The monoisotopic (exact) mass is 210 g/mol. The number of hydrogen-bond acceptors (Lipinski definition) is 3. The van der Waals surface area contributed by atoms with Gasteiger partial charge >= 0.3 is 0 Å². The van der Waals surface area contributed by atoms with E-state index in [9.17, 15) is 0 Å². The lowest BCUT2D eigenvalue weighted by Gasteiger charge is -2.13. The zero-order valence-electron chi connectivity index (χ0n) is 9.74. The summed E-state index contributed by atoms with van der Waals surface area (Å²) in [5.74, 6) is 2.72. The van der Waals surface area contributed by atoms with Crippen LogP contribution in [0.5, 0.6) is 17.2 Å². The Labute approximate surface area is 91.0 Å². The van der Waals surface area contributed by atoms with Crippen molar-refractivity contribution in [1.29, 1.82) is 0 Å². The average Bonchev–Trinajstić information content (AvgIpc) is 2.25. The normalized spacial score (nSPS) is 10.2. The molecule has 3 nitrogen and oxygen atoms in total. The third kappa shape index (κ3) is 3.35. The molecule has 3 heteroatoms. The maximum Gasteiger partial charge on any atom is 0.164 e. The molecule has 0 unspecified atom stereocenters. The van der Waals surface area contributed by atoms with E-state index in [-0.39, 0.29) is 0 Å². The Morgan fingerprint density at radius 3 is 2.33 bits per heavy atom. The predicted molar refractivity (Wildman–Crippen MR) is 59.9 cm³/mol. The first-order valence-corrected chi connectivity index (χ1v) is 5.02. The first-order chi connectivity index (χ1) is 7.17. The van der Waals surface area contributed by atoms with Crippen LogP contribution in [0.1, 0.15) is 13.8 Å². The lowest BCUT2D eigenvalue weighted by atomic mass is 10.2. The summed E-state index contributed by atoms with van der Waals surface area (Å²) < 4.78 is 15.9. The molecular formula is C12H18O3. The van der Waals surface area contributed by atoms with Crippen LogP contribution in [0.4, 0.5) is 0 Å². The summed E-state index contributed by atoms with van der Waals surface area (Å²) in [4.78, 5) is 0. The van der Waals surface area contributed by atoms with Crippen LogP contribution < -0.4 is 14.2 Å². The summed E-state index contributed by atoms with van der Waals surface area (Å²) in [6.45, 7) is 4.88. The van der Waals surface area contributed by atoms with Crippen molar-refractivity contribution in [2.24, 2.45) is 5.92 Å². The first-order valence-electron chi connectivity index (χ1n) is 5.02. The van der Waals surface area contributed by atoms with Gasteiger partial charge in [-0.2, -0.15) is 0 Å². The Bertz CT molecular complexity index is 308. The second-order valence-electron chi connectivity index (χ2n) is 3.72. The van der Waals surface area contributed by atoms with E-state index in [0.29, 0.717) is 12.5 Å². The number of ether oxygens (including phenoxy) is 3. The molecule has 0 aliphatic rings. The Hall–Kier alpha value is -1.38. The molecule has 0 heterocycles. The molecule has 0 aliphatic heterocycles. The standard InChI is InChI=1S/C12H18O3/c1-9(2)8-15-12-7-10(13-3)5-6-11(12)14-4/h5-7,9H,8H2,1-4H3. The molecule has 0 bridgehead atoms. The van der Waals surface area contributed by atoms with Crippen molar-refractivity contribution in [1.82, 2.24) is 0 Å². The highest BCUT2D eigenvalue weighted by molar-refractivity contribution is 5.45. The van der Waals surface area contributed by atoms with Gasteiger partial charge in [-0.1, -0.05) is 13.8 Å². The molecular weight excluding hydrogens is 192 g/mol. The van der Waals surface area contributed by atoms with Gasteiger partial charge in [0.2, 0.25) is 0 Å². The molecule has 15 heavy (non-hydrogen) atoms. The van der Waals surface area contributed by atoms with Gasteiger partial charge in [0, 0.05) is 6.07 Å². The molecule has 0 atom stereocenters. The average molecular weight is 210 g/mol. The summed E-state index contributed by atoms with van der Waals surface area (Å²) in [6, 6.07) is 5.52. The zero-order chi connectivity index (χ0) is 11.3. The number of hydrogen-bond donors (Lipinski definition) is 0. The number of benzene rings is 1. The lowest BCUT2D eigenvalue weighted by Crippen LogP contribution is -2.05. The summed E-state index contributed by atoms with van der Waals surface area (Å²) in [5.41, 5.74) is 0.